The summed E-state index contributed by atoms with van der Waals surface area (Å²) >= 11 is 5.92. The molecule has 2 aromatic rings. The van der Waals surface area contributed by atoms with Crippen molar-refractivity contribution in [2.45, 2.75) is 13.2 Å². The van der Waals surface area contributed by atoms with Gasteiger partial charge in [0.05, 0.1) is 6.61 Å². The zero-order valence-electron chi connectivity index (χ0n) is 12.6. The Kier molecular flexibility index (Phi) is 6.18. The van der Waals surface area contributed by atoms with Crippen LogP contribution in [0.2, 0.25) is 5.02 Å². The molecule has 7 heteroatoms. The molecule has 0 atom stereocenters. The van der Waals surface area contributed by atoms with Gasteiger partial charge in [0.25, 0.3) is 5.91 Å². The van der Waals surface area contributed by atoms with Crippen molar-refractivity contribution in [3.8, 4) is 0 Å². The summed E-state index contributed by atoms with van der Waals surface area (Å²) in [7, 11) is -0.0226. The maximum Gasteiger partial charge on any atom is 0.489 e. The van der Waals surface area contributed by atoms with Crippen LogP contribution in [0.15, 0.2) is 42.5 Å². The number of benzene rings is 2. The number of methoxy groups -OCH3 is 1. The Labute approximate surface area is 140 Å². The van der Waals surface area contributed by atoms with Gasteiger partial charge >= 0.3 is 7.12 Å². The van der Waals surface area contributed by atoms with Gasteiger partial charge in [-0.15, -0.1) is 0 Å². The molecule has 2 aromatic carbocycles. The van der Waals surface area contributed by atoms with Crippen molar-refractivity contribution in [2.24, 2.45) is 0 Å². The van der Waals surface area contributed by atoms with E-state index in [-0.39, 0.29) is 16.4 Å². The predicted octanol–water partition coefficient (Wildman–Crippen LogP) is 1.10. The molecular formula is C16H17BClNO4. The number of rotatable bonds is 6. The van der Waals surface area contributed by atoms with Crippen LogP contribution in [0.25, 0.3) is 0 Å². The van der Waals surface area contributed by atoms with E-state index in [1.807, 2.05) is 24.3 Å². The summed E-state index contributed by atoms with van der Waals surface area (Å²) in [6.07, 6.45) is 0. The van der Waals surface area contributed by atoms with Crippen molar-refractivity contribution in [1.29, 1.82) is 0 Å². The van der Waals surface area contributed by atoms with Gasteiger partial charge in [-0.1, -0.05) is 41.9 Å². The number of carbonyl (C=O) groups is 1. The number of ether oxygens (including phenoxy) is 1. The third kappa shape index (κ3) is 4.81. The highest BCUT2D eigenvalue weighted by atomic mass is 35.5. The van der Waals surface area contributed by atoms with E-state index in [0.29, 0.717) is 18.7 Å². The van der Waals surface area contributed by atoms with E-state index in [1.165, 1.54) is 18.2 Å². The molecule has 1 amide bonds. The quantitative estimate of drug-likeness (QED) is 0.692. The van der Waals surface area contributed by atoms with Gasteiger partial charge in [0, 0.05) is 29.7 Å². The minimum absolute atomic E-state index is 0.136. The van der Waals surface area contributed by atoms with Crippen LogP contribution < -0.4 is 10.8 Å². The average molecular weight is 334 g/mol. The van der Waals surface area contributed by atoms with Crippen LogP contribution in [0.5, 0.6) is 0 Å². The molecule has 0 spiro atoms. The lowest BCUT2D eigenvalue weighted by molar-refractivity contribution is 0.0951. The molecule has 0 aliphatic rings. The summed E-state index contributed by atoms with van der Waals surface area (Å²) in [5.74, 6) is -0.285. The predicted molar refractivity (Wildman–Crippen MR) is 89.6 cm³/mol. The lowest BCUT2D eigenvalue weighted by Gasteiger charge is -2.08. The number of nitrogens with one attached hydrogen (secondary N) is 1. The van der Waals surface area contributed by atoms with E-state index >= 15 is 0 Å². The fourth-order valence-corrected chi connectivity index (χ4v) is 2.36. The van der Waals surface area contributed by atoms with Crippen LogP contribution in [-0.4, -0.2) is 30.2 Å². The van der Waals surface area contributed by atoms with Gasteiger partial charge in [0.2, 0.25) is 0 Å². The largest absolute Gasteiger partial charge is 0.489 e. The highest BCUT2D eigenvalue weighted by Crippen LogP contribution is 2.10. The lowest BCUT2D eigenvalue weighted by Crippen LogP contribution is -2.31. The third-order valence-electron chi connectivity index (χ3n) is 3.33. The van der Waals surface area contributed by atoms with E-state index in [2.05, 4.69) is 5.32 Å². The Bertz CT molecular complexity index is 676. The van der Waals surface area contributed by atoms with Crippen LogP contribution in [-0.2, 0) is 17.9 Å². The summed E-state index contributed by atoms with van der Waals surface area (Å²) < 4.78 is 5.04. The first-order valence-corrected chi connectivity index (χ1v) is 7.39. The molecule has 0 bridgehead atoms. The van der Waals surface area contributed by atoms with E-state index in [1.54, 1.807) is 7.11 Å². The van der Waals surface area contributed by atoms with E-state index in [4.69, 9.17) is 26.4 Å². The molecule has 0 aliphatic carbocycles. The Morgan fingerprint density at radius 1 is 1.17 bits per heavy atom. The van der Waals surface area contributed by atoms with Gasteiger partial charge in [0.15, 0.2) is 0 Å². The summed E-state index contributed by atoms with van der Waals surface area (Å²) in [6, 6.07) is 12.1. The standard InChI is InChI=1S/C16H17BClNO4/c1-23-10-12-4-2-11(3-5-12)9-19-16(20)13-6-7-14(17(21)22)15(18)8-13/h2-8,21-22H,9-10H2,1H3,(H,19,20). The maximum atomic E-state index is 12.1. The minimum atomic E-state index is -1.66. The van der Waals surface area contributed by atoms with E-state index < -0.39 is 7.12 Å². The number of carbonyl (C=O) groups excluding carboxylic acids is 1. The molecule has 0 heterocycles. The number of halogens is 1. The molecule has 2 rings (SSSR count). The average Bonchev–Trinajstić information content (AvgIpc) is 2.53. The van der Waals surface area contributed by atoms with Gasteiger partial charge in [0.1, 0.15) is 0 Å². The Morgan fingerprint density at radius 2 is 1.83 bits per heavy atom. The van der Waals surface area contributed by atoms with Crippen LogP contribution in [0, 0.1) is 0 Å². The summed E-state index contributed by atoms with van der Waals surface area (Å²) in [5, 5.41) is 21.1. The number of amides is 1. The van der Waals surface area contributed by atoms with Crippen LogP contribution in [0.1, 0.15) is 21.5 Å². The van der Waals surface area contributed by atoms with Crippen LogP contribution in [0.4, 0.5) is 0 Å². The normalized spacial score (nSPS) is 10.4. The second-order valence-electron chi connectivity index (χ2n) is 5.04. The van der Waals surface area contributed by atoms with Crippen molar-refractivity contribution >= 4 is 30.1 Å². The topological polar surface area (TPSA) is 78.8 Å². The van der Waals surface area contributed by atoms with Crippen LogP contribution >= 0.6 is 11.6 Å². The lowest BCUT2D eigenvalue weighted by atomic mass is 9.80. The molecule has 5 nitrogen and oxygen atoms in total. The van der Waals surface area contributed by atoms with E-state index in [0.717, 1.165) is 11.1 Å². The van der Waals surface area contributed by atoms with Crippen molar-refractivity contribution in [2.75, 3.05) is 7.11 Å². The fraction of sp³-hybridized carbons (Fsp3) is 0.188. The Morgan fingerprint density at radius 3 is 2.39 bits per heavy atom. The van der Waals surface area contributed by atoms with Crippen molar-refractivity contribution in [1.82, 2.24) is 5.32 Å². The van der Waals surface area contributed by atoms with Gasteiger partial charge < -0.3 is 20.1 Å². The second-order valence-corrected chi connectivity index (χ2v) is 5.45. The van der Waals surface area contributed by atoms with Crippen LogP contribution in [0.3, 0.4) is 0 Å². The number of hydrogen-bond donors (Lipinski definition) is 3. The van der Waals surface area contributed by atoms with Crippen molar-refractivity contribution in [3.63, 3.8) is 0 Å². The molecule has 0 aromatic heterocycles. The Hall–Kier alpha value is -1.86. The van der Waals surface area contributed by atoms with Gasteiger partial charge in [-0.25, -0.2) is 0 Å². The summed E-state index contributed by atoms with van der Waals surface area (Å²) in [4.78, 5) is 12.1. The number of hydrogen-bond acceptors (Lipinski definition) is 4. The molecular weight excluding hydrogens is 316 g/mol. The van der Waals surface area contributed by atoms with Crippen molar-refractivity contribution in [3.05, 3.63) is 64.2 Å². The maximum absolute atomic E-state index is 12.1. The monoisotopic (exact) mass is 333 g/mol. The molecule has 0 radical (unpaired) electrons. The van der Waals surface area contributed by atoms with Gasteiger partial charge in [-0.05, 0) is 23.3 Å². The summed E-state index contributed by atoms with van der Waals surface area (Å²) in [5.41, 5.74) is 2.55. The molecule has 0 aliphatic heterocycles. The first-order valence-electron chi connectivity index (χ1n) is 7.02. The minimum Gasteiger partial charge on any atom is -0.423 e. The second kappa shape index (κ2) is 8.13. The first-order chi connectivity index (χ1) is 11.0. The first kappa shape index (κ1) is 17.5. The third-order valence-corrected chi connectivity index (χ3v) is 3.66. The van der Waals surface area contributed by atoms with E-state index in [9.17, 15) is 4.79 Å². The summed E-state index contributed by atoms with van der Waals surface area (Å²) in [6.45, 7) is 0.933. The molecule has 23 heavy (non-hydrogen) atoms. The zero-order valence-corrected chi connectivity index (χ0v) is 13.4. The zero-order chi connectivity index (χ0) is 16.8. The molecule has 3 N–H and O–H groups in total. The highest BCUT2D eigenvalue weighted by Gasteiger charge is 2.16. The fourth-order valence-electron chi connectivity index (χ4n) is 2.08. The smallest absolute Gasteiger partial charge is 0.423 e. The van der Waals surface area contributed by atoms with Gasteiger partial charge in [-0.2, -0.15) is 0 Å². The van der Waals surface area contributed by atoms with Gasteiger partial charge in [-0.3, -0.25) is 4.79 Å². The Balaban J connectivity index is 1.98. The molecule has 0 unspecified atom stereocenters. The SMILES string of the molecule is COCc1ccc(CNC(=O)c2ccc(B(O)O)c(Cl)c2)cc1. The highest BCUT2D eigenvalue weighted by molar-refractivity contribution is 6.62. The molecule has 0 saturated carbocycles. The molecule has 120 valence electrons. The molecule has 0 saturated heterocycles. The van der Waals surface area contributed by atoms with Crippen molar-refractivity contribution < 1.29 is 19.6 Å². The molecule has 0 fully saturated rings.